The molecule has 0 aliphatic carbocycles. The molecule has 0 radical (unpaired) electrons. The van der Waals surface area contributed by atoms with Crippen LogP contribution in [0.1, 0.15) is 23.6 Å². The molecule has 0 aliphatic rings. The fraction of sp³-hybridized carbons (Fsp3) is 0.350. The van der Waals surface area contributed by atoms with Crippen LogP contribution in [0.3, 0.4) is 0 Å². The van der Waals surface area contributed by atoms with Crippen LogP contribution in [0.4, 0.5) is 13.6 Å². The van der Waals surface area contributed by atoms with Crippen LogP contribution in [-0.2, 0) is 19.4 Å². The number of hydrogen-bond donors (Lipinski definition) is 3. The zero-order valence-corrected chi connectivity index (χ0v) is 15.1. The number of rotatable bonds is 8. The van der Waals surface area contributed by atoms with E-state index in [1.165, 1.54) is 0 Å². The summed E-state index contributed by atoms with van der Waals surface area (Å²) in [4.78, 5) is 12.6. The number of halogens is 2. The monoisotopic (exact) mass is 378 g/mol. The average molecular weight is 378 g/mol. The normalized spacial score (nSPS) is 13.2. The van der Waals surface area contributed by atoms with Crippen LogP contribution in [0, 0.1) is 11.6 Å². The molecular weight excluding hydrogens is 354 g/mol. The molecule has 4 N–H and O–H groups in total. The summed E-state index contributed by atoms with van der Waals surface area (Å²) in [5.41, 5.74) is 8.15. The second-order valence-electron chi connectivity index (χ2n) is 6.55. The summed E-state index contributed by atoms with van der Waals surface area (Å²) in [5, 5.41) is 19.7. The number of amides is 1. The fourth-order valence-electron chi connectivity index (χ4n) is 2.81. The van der Waals surface area contributed by atoms with Gasteiger partial charge in [0.1, 0.15) is 11.6 Å². The van der Waals surface area contributed by atoms with Crippen molar-refractivity contribution in [3.63, 3.8) is 0 Å². The van der Waals surface area contributed by atoms with Crippen molar-refractivity contribution < 1.29 is 23.8 Å². The lowest BCUT2D eigenvalue weighted by Crippen LogP contribution is -2.46. The van der Waals surface area contributed by atoms with Crippen LogP contribution in [0.2, 0.25) is 0 Å². The Bertz CT molecular complexity index is 748. The number of aliphatic hydroxyl groups excluding tert-OH is 1. The van der Waals surface area contributed by atoms with E-state index in [0.717, 1.165) is 40.6 Å². The number of nitrogens with two attached hydrogens (primary N) is 1. The molecule has 0 spiro atoms. The fourth-order valence-corrected chi connectivity index (χ4v) is 2.81. The summed E-state index contributed by atoms with van der Waals surface area (Å²) in [6.45, 7) is 1.93. The molecule has 1 amide bonds. The number of carbonyl (C=O) groups is 1. The molecule has 0 heterocycles. The van der Waals surface area contributed by atoms with Gasteiger partial charge in [-0.1, -0.05) is 31.2 Å². The van der Waals surface area contributed by atoms with E-state index >= 15 is 0 Å². The second-order valence-corrected chi connectivity index (χ2v) is 6.55. The highest BCUT2D eigenvalue weighted by Crippen LogP contribution is 2.13. The Labute approximate surface area is 157 Å². The van der Waals surface area contributed by atoms with Gasteiger partial charge in [0.05, 0.1) is 12.6 Å². The predicted octanol–water partition coefficient (Wildman–Crippen LogP) is 2.94. The lowest BCUT2D eigenvalue weighted by Gasteiger charge is -2.26. The molecule has 146 valence electrons. The van der Waals surface area contributed by atoms with Crippen LogP contribution in [0.15, 0.2) is 42.5 Å². The Morgan fingerprint density at radius 1 is 1.07 bits per heavy atom. The van der Waals surface area contributed by atoms with Crippen molar-refractivity contribution in [2.75, 3.05) is 6.54 Å². The van der Waals surface area contributed by atoms with E-state index in [-0.39, 0.29) is 19.5 Å². The Balaban J connectivity index is 2.00. The smallest absolute Gasteiger partial charge is 0.407 e. The lowest BCUT2D eigenvalue weighted by atomic mass is 10.0. The number of nitrogens with zero attached hydrogens (tertiary/aromatic N) is 1. The first-order valence-electron chi connectivity index (χ1n) is 8.72. The summed E-state index contributed by atoms with van der Waals surface area (Å²) in [5.74, 6) is -1.45. The van der Waals surface area contributed by atoms with Crippen molar-refractivity contribution in [1.82, 2.24) is 4.90 Å². The third kappa shape index (κ3) is 6.30. The third-order valence-electron chi connectivity index (χ3n) is 4.37. The van der Waals surface area contributed by atoms with E-state index in [9.17, 15) is 23.8 Å². The second kappa shape index (κ2) is 9.43. The molecule has 0 aliphatic heterocycles. The molecule has 5 nitrogen and oxygen atoms in total. The minimum atomic E-state index is -1.18. The van der Waals surface area contributed by atoms with E-state index in [4.69, 9.17) is 5.73 Å². The first-order valence-corrected chi connectivity index (χ1v) is 8.72. The van der Waals surface area contributed by atoms with Crippen LogP contribution in [0.25, 0.3) is 0 Å². The van der Waals surface area contributed by atoms with Crippen molar-refractivity contribution in [2.24, 2.45) is 5.73 Å². The molecule has 2 rings (SSSR count). The van der Waals surface area contributed by atoms with E-state index in [0.29, 0.717) is 5.56 Å². The number of aryl methyl sites for hydroxylation is 1. The van der Waals surface area contributed by atoms with Crippen LogP contribution in [-0.4, -0.2) is 39.9 Å². The molecule has 0 aromatic heterocycles. The molecule has 0 fully saturated rings. The maximum absolute atomic E-state index is 13.3. The predicted molar refractivity (Wildman–Crippen MR) is 98.3 cm³/mol. The van der Waals surface area contributed by atoms with Crippen LogP contribution in [0.5, 0.6) is 0 Å². The van der Waals surface area contributed by atoms with Crippen molar-refractivity contribution in [2.45, 2.75) is 38.5 Å². The molecule has 2 atom stereocenters. The Hall–Kier alpha value is -2.51. The number of benzene rings is 2. The summed E-state index contributed by atoms with van der Waals surface area (Å²) in [6.07, 6.45) is -1.45. The average Bonchev–Trinajstić information content (AvgIpc) is 2.60. The van der Waals surface area contributed by atoms with E-state index in [2.05, 4.69) is 0 Å². The molecule has 0 saturated heterocycles. The first-order chi connectivity index (χ1) is 12.8. The summed E-state index contributed by atoms with van der Waals surface area (Å²) in [7, 11) is 0. The van der Waals surface area contributed by atoms with Crippen molar-refractivity contribution in [3.8, 4) is 0 Å². The molecule has 0 bridgehead atoms. The molecule has 2 aromatic carbocycles. The van der Waals surface area contributed by atoms with Gasteiger partial charge in [-0.3, -0.25) is 0 Å². The minimum Gasteiger partial charge on any atom is -0.465 e. The molecule has 2 aromatic rings. The zero-order valence-electron chi connectivity index (χ0n) is 15.1. The molecule has 0 saturated carbocycles. The zero-order chi connectivity index (χ0) is 20.0. The van der Waals surface area contributed by atoms with Gasteiger partial charge in [0, 0.05) is 18.7 Å². The van der Waals surface area contributed by atoms with Gasteiger partial charge in [-0.15, -0.1) is 0 Å². The summed E-state index contributed by atoms with van der Waals surface area (Å²) >= 11 is 0. The maximum atomic E-state index is 13.3. The van der Waals surface area contributed by atoms with Crippen molar-refractivity contribution in [3.05, 3.63) is 70.8 Å². The van der Waals surface area contributed by atoms with Gasteiger partial charge < -0.3 is 20.8 Å². The standard InChI is InChI=1S/C20H24F2N2O3/c1-2-13-3-5-14(6-4-13)11-24(20(26)27)12-19(25)18(23)9-15-7-16(21)10-17(22)8-15/h3-8,10,18-19,25H,2,9,11-12,23H2,1H3,(H,26,27). The SMILES string of the molecule is CCc1ccc(CN(CC(O)C(N)Cc2cc(F)cc(F)c2)C(=O)O)cc1. The third-order valence-corrected chi connectivity index (χ3v) is 4.37. The van der Waals surface area contributed by atoms with E-state index in [1.807, 2.05) is 31.2 Å². The number of aliphatic hydroxyl groups is 1. The van der Waals surface area contributed by atoms with Gasteiger partial charge in [-0.05, 0) is 41.7 Å². The van der Waals surface area contributed by atoms with E-state index < -0.39 is 29.9 Å². The molecular formula is C20H24F2N2O3. The first kappa shape index (κ1) is 20.8. The maximum Gasteiger partial charge on any atom is 0.407 e. The largest absolute Gasteiger partial charge is 0.465 e. The highest BCUT2D eigenvalue weighted by molar-refractivity contribution is 5.65. The molecule has 7 heteroatoms. The highest BCUT2D eigenvalue weighted by Gasteiger charge is 2.22. The van der Waals surface area contributed by atoms with Crippen molar-refractivity contribution in [1.29, 1.82) is 0 Å². The minimum absolute atomic E-state index is 0.0223. The number of carboxylic acid groups (broad SMARTS) is 1. The molecule has 2 unspecified atom stereocenters. The molecule has 27 heavy (non-hydrogen) atoms. The van der Waals surface area contributed by atoms with Gasteiger partial charge in [-0.2, -0.15) is 0 Å². The van der Waals surface area contributed by atoms with Gasteiger partial charge in [0.25, 0.3) is 0 Å². The Morgan fingerprint density at radius 3 is 2.15 bits per heavy atom. The van der Waals surface area contributed by atoms with Gasteiger partial charge in [0.15, 0.2) is 0 Å². The Kier molecular flexibility index (Phi) is 7.27. The summed E-state index contributed by atoms with van der Waals surface area (Å²) < 4.78 is 26.5. The van der Waals surface area contributed by atoms with Crippen LogP contribution < -0.4 is 5.73 Å². The van der Waals surface area contributed by atoms with Crippen LogP contribution >= 0.6 is 0 Å². The van der Waals surface area contributed by atoms with Gasteiger partial charge >= 0.3 is 6.09 Å². The van der Waals surface area contributed by atoms with Gasteiger partial charge in [-0.25, -0.2) is 13.6 Å². The quantitative estimate of drug-likeness (QED) is 0.659. The lowest BCUT2D eigenvalue weighted by molar-refractivity contribution is 0.0795. The van der Waals surface area contributed by atoms with E-state index in [1.54, 1.807) is 0 Å². The van der Waals surface area contributed by atoms with Gasteiger partial charge in [0.2, 0.25) is 0 Å². The topological polar surface area (TPSA) is 86.8 Å². The summed E-state index contributed by atoms with van der Waals surface area (Å²) in [6, 6.07) is 9.70. The Morgan fingerprint density at radius 2 is 1.63 bits per heavy atom. The number of hydrogen-bond acceptors (Lipinski definition) is 3. The highest BCUT2D eigenvalue weighted by atomic mass is 19.1. The van der Waals surface area contributed by atoms with Crippen molar-refractivity contribution >= 4 is 6.09 Å².